The summed E-state index contributed by atoms with van der Waals surface area (Å²) in [6, 6.07) is 6.31. The average Bonchev–Trinajstić information content (AvgIpc) is 2.45. The van der Waals surface area contributed by atoms with Crippen LogP contribution in [0, 0.1) is 0 Å². The summed E-state index contributed by atoms with van der Waals surface area (Å²) in [6.07, 6.45) is 2.46. The third-order valence-electron chi connectivity index (χ3n) is 2.82. The second-order valence-corrected chi connectivity index (χ2v) is 8.68. The van der Waals surface area contributed by atoms with Crippen molar-refractivity contribution in [1.82, 2.24) is 4.98 Å². The third kappa shape index (κ3) is 5.49. The van der Waals surface area contributed by atoms with Crippen molar-refractivity contribution in [3.63, 3.8) is 0 Å². The third-order valence-corrected chi connectivity index (χ3v) is 7.02. The summed E-state index contributed by atoms with van der Waals surface area (Å²) in [6.45, 7) is 0. The van der Waals surface area contributed by atoms with Crippen LogP contribution >= 0.6 is 0 Å². The van der Waals surface area contributed by atoms with Gasteiger partial charge in [0, 0.05) is 22.7 Å². The van der Waals surface area contributed by atoms with E-state index in [9.17, 15) is 4.21 Å². The Hall–Kier alpha value is -0.603. The van der Waals surface area contributed by atoms with Gasteiger partial charge in [0.25, 0.3) is 8.80 Å². The number of rotatable bonds is 9. The molecule has 0 aliphatic carbocycles. The molecule has 0 bridgehead atoms. The van der Waals surface area contributed by atoms with Gasteiger partial charge in [-0.25, -0.2) is 0 Å². The van der Waals surface area contributed by atoms with Gasteiger partial charge < -0.3 is 13.3 Å². The van der Waals surface area contributed by atoms with Crippen LogP contribution in [0.2, 0.25) is 6.04 Å². The molecule has 1 aromatic rings. The molecular weight excluding hydrogens is 282 g/mol. The summed E-state index contributed by atoms with van der Waals surface area (Å²) in [4.78, 5) is 4.17. The lowest BCUT2D eigenvalue weighted by Crippen LogP contribution is -2.42. The van der Waals surface area contributed by atoms with E-state index in [4.69, 9.17) is 13.3 Å². The highest BCUT2D eigenvalue weighted by atomic mass is 32.2. The number of hydrogen-bond donors (Lipinski definition) is 0. The van der Waals surface area contributed by atoms with Crippen LogP contribution in [0.1, 0.15) is 12.1 Å². The fourth-order valence-corrected chi connectivity index (χ4v) is 4.82. The van der Waals surface area contributed by atoms with Gasteiger partial charge in [-0.15, -0.1) is 0 Å². The predicted molar refractivity (Wildman–Crippen MR) is 77.2 cm³/mol. The molecule has 1 heterocycles. The molecule has 0 spiro atoms. The Morgan fingerprint density at radius 3 is 2.42 bits per heavy atom. The van der Waals surface area contributed by atoms with Crippen LogP contribution in [-0.2, 0) is 29.8 Å². The number of pyridine rings is 1. The number of aromatic nitrogens is 1. The zero-order valence-corrected chi connectivity index (χ0v) is 13.4. The molecule has 0 aliphatic rings. The Kier molecular flexibility index (Phi) is 7.40. The molecule has 0 amide bonds. The second kappa shape index (κ2) is 8.54. The molecule has 109 valence electrons. The quantitative estimate of drug-likeness (QED) is 0.649. The molecule has 0 radical (unpaired) electrons. The van der Waals surface area contributed by atoms with Gasteiger partial charge in [0.15, 0.2) is 0 Å². The Balaban J connectivity index is 2.35. The molecular formula is C12H21NO4SSi-. The van der Waals surface area contributed by atoms with Crippen LogP contribution in [0.15, 0.2) is 24.4 Å². The summed E-state index contributed by atoms with van der Waals surface area (Å²) in [5.74, 6) is 1.09. The van der Waals surface area contributed by atoms with Crippen molar-refractivity contribution in [3.05, 3.63) is 30.1 Å². The zero-order chi connectivity index (χ0) is 14.1. The SMILES string of the molecule is CO[Si-](CCCS(=O)Cc1ccccn1)(OC)OC. The van der Waals surface area contributed by atoms with E-state index in [1.165, 1.54) is 0 Å². The van der Waals surface area contributed by atoms with E-state index in [1.54, 1.807) is 27.5 Å². The van der Waals surface area contributed by atoms with Crippen molar-refractivity contribution >= 4 is 19.6 Å². The van der Waals surface area contributed by atoms with E-state index in [1.807, 2.05) is 18.2 Å². The Labute approximate surface area is 118 Å². The summed E-state index contributed by atoms with van der Waals surface area (Å²) in [7, 11) is 1.32. The molecule has 0 fully saturated rings. The first-order chi connectivity index (χ1) is 9.15. The van der Waals surface area contributed by atoms with Gasteiger partial charge in [0.05, 0.1) is 11.4 Å². The van der Waals surface area contributed by atoms with Crippen molar-refractivity contribution in [2.24, 2.45) is 0 Å². The van der Waals surface area contributed by atoms with Gasteiger partial charge in [0.2, 0.25) is 0 Å². The minimum absolute atomic E-state index is 0.488. The van der Waals surface area contributed by atoms with Gasteiger partial charge in [-0.2, -0.15) is 0 Å². The predicted octanol–water partition coefficient (Wildman–Crippen LogP) is 1.60. The van der Waals surface area contributed by atoms with Crippen LogP contribution in [-0.4, -0.2) is 45.1 Å². The molecule has 0 N–H and O–H groups in total. The zero-order valence-electron chi connectivity index (χ0n) is 11.6. The molecule has 19 heavy (non-hydrogen) atoms. The standard InChI is InChI=1S/C12H21NO4SSi/c1-15-19(16-2,17-3)10-6-9-18(14)11-12-7-4-5-8-13-12/h4-5,7-8H,6,9-11H2,1-3H3/q-1. The molecule has 5 nitrogen and oxygen atoms in total. The molecule has 1 rings (SSSR count). The Morgan fingerprint density at radius 1 is 1.21 bits per heavy atom. The lowest BCUT2D eigenvalue weighted by molar-refractivity contribution is 0.123. The maximum absolute atomic E-state index is 11.9. The number of hydrogen-bond acceptors (Lipinski definition) is 5. The van der Waals surface area contributed by atoms with Crippen molar-refractivity contribution < 1.29 is 17.5 Å². The van der Waals surface area contributed by atoms with Crippen LogP contribution < -0.4 is 0 Å². The highest BCUT2D eigenvalue weighted by Crippen LogP contribution is 2.15. The summed E-state index contributed by atoms with van der Waals surface area (Å²) < 4.78 is 27.9. The van der Waals surface area contributed by atoms with E-state index in [0.29, 0.717) is 17.5 Å². The average molecular weight is 303 g/mol. The highest BCUT2D eigenvalue weighted by molar-refractivity contribution is 7.84. The van der Waals surface area contributed by atoms with Gasteiger partial charge in [-0.1, -0.05) is 18.5 Å². The van der Waals surface area contributed by atoms with Crippen molar-refractivity contribution in [3.8, 4) is 0 Å². The highest BCUT2D eigenvalue weighted by Gasteiger charge is 2.21. The fourth-order valence-electron chi connectivity index (χ4n) is 1.73. The molecule has 7 heteroatoms. The van der Waals surface area contributed by atoms with E-state index in [-0.39, 0.29) is 0 Å². The van der Waals surface area contributed by atoms with Gasteiger partial charge >= 0.3 is 0 Å². The fraction of sp³-hybridized carbons (Fsp3) is 0.583. The number of nitrogens with zero attached hydrogens (tertiary/aromatic N) is 1. The first-order valence-corrected chi connectivity index (χ1v) is 9.48. The maximum Gasteiger partial charge on any atom is 0.280 e. The molecule has 0 saturated heterocycles. The van der Waals surface area contributed by atoms with E-state index in [2.05, 4.69) is 4.98 Å². The van der Waals surface area contributed by atoms with Gasteiger partial charge in [-0.05, 0) is 33.5 Å². The first kappa shape index (κ1) is 16.5. The molecule has 1 unspecified atom stereocenters. The van der Waals surface area contributed by atoms with Crippen molar-refractivity contribution in [2.45, 2.75) is 18.2 Å². The van der Waals surface area contributed by atoms with Crippen LogP contribution in [0.4, 0.5) is 0 Å². The largest absolute Gasteiger partial charge is 0.527 e. The lowest BCUT2D eigenvalue weighted by atomic mass is 10.4. The minimum atomic E-state index is -2.53. The Morgan fingerprint density at radius 2 is 1.89 bits per heavy atom. The molecule has 0 aromatic carbocycles. The topological polar surface area (TPSA) is 57.7 Å². The normalized spacial score (nSPS) is 13.4. The van der Waals surface area contributed by atoms with E-state index < -0.39 is 19.6 Å². The molecule has 1 atom stereocenters. The summed E-state index contributed by atoms with van der Waals surface area (Å²) in [5, 5.41) is 0. The van der Waals surface area contributed by atoms with Gasteiger partial charge in [-0.3, -0.25) is 9.19 Å². The molecule has 1 aromatic heterocycles. The first-order valence-electron chi connectivity index (χ1n) is 6.06. The van der Waals surface area contributed by atoms with Crippen molar-refractivity contribution in [1.29, 1.82) is 0 Å². The smallest absolute Gasteiger partial charge is 0.280 e. The summed E-state index contributed by atoms with van der Waals surface area (Å²) in [5.41, 5.74) is 0.856. The molecule has 0 saturated carbocycles. The maximum atomic E-state index is 11.9. The minimum Gasteiger partial charge on any atom is -0.527 e. The van der Waals surface area contributed by atoms with Gasteiger partial charge in [0.1, 0.15) is 0 Å². The van der Waals surface area contributed by atoms with E-state index in [0.717, 1.165) is 12.1 Å². The van der Waals surface area contributed by atoms with Crippen molar-refractivity contribution in [2.75, 3.05) is 27.1 Å². The van der Waals surface area contributed by atoms with E-state index >= 15 is 0 Å². The van der Waals surface area contributed by atoms with Crippen LogP contribution in [0.5, 0.6) is 0 Å². The van der Waals surface area contributed by atoms with Crippen LogP contribution in [0.3, 0.4) is 0 Å². The second-order valence-electron chi connectivity index (χ2n) is 4.01. The lowest BCUT2D eigenvalue weighted by Gasteiger charge is -2.38. The monoisotopic (exact) mass is 303 g/mol. The van der Waals surface area contributed by atoms with Crippen LogP contribution in [0.25, 0.3) is 0 Å². The molecule has 0 aliphatic heterocycles. The Bertz CT molecular complexity index is 378. The summed E-state index contributed by atoms with van der Waals surface area (Å²) >= 11 is 0.